The number of hydrogen-bond donors (Lipinski definition) is 1. The van der Waals surface area contributed by atoms with Crippen molar-refractivity contribution in [2.24, 2.45) is 4.99 Å². The van der Waals surface area contributed by atoms with Gasteiger partial charge in [0.15, 0.2) is 0 Å². The van der Waals surface area contributed by atoms with Crippen molar-refractivity contribution in [2.75, 3.05) is 13.7 Å². The van der Waals surface area contributed by atoms with Crippen LogP contribution in [0.15, 0.2) is 59.6 Å². The van der Waals surface area contributed by atoms with Gasteiger partial charge in [-0.2, -0.15) is 0 Å². The average molecular weight is 255 g/mol. The van der Waals surface area contributed by atoms with E-state index in [2.05, 4.69) is 10.5 Å². The third kappa shape index (κ3) is 3.64. The smallest absolute Gasteiger partial charge is 0.119 e. The molecule has 0 saturated heterocycles. The minimum atomic E-state index is 0.163. The molecule has 1 radical (unpaired) electrons. The van der Waals surface area contributed by atoms with E-state index in [1.54, 1.807) is 7.11 Å². The molecule has 19 heavy (non-hydrogen) atoms. The molecule has 0 aliphatic carbocycles. The van der Waals surface area contributed by atoms with E-state index in [1.165, 1.54) is 0 Å². The van der Waals surface area contributed by atoms with Crippen LogP contribution in [0, 0.1) is 0 Å². The predicted octanol–water partition coefficient (Wildman–Crippen LogP) is 2.81. The zero-order valence-electron chi connectivity index (χ0n) is 10.7. The first-order valence-corrected chi connectivity index (χ1v) is 5.91. The molecular weight excluding hydrogens is 240 g/mol. The number of methoxy groups -OCH3 is 1. The van der Waals surface area contributed by atoms with Crippen LogP contribution in [0.3, 0.4) is 0 Å². The number of hydrogen-bond acceptors (Lipinski definition) is 3. The molecule has 2 aromatic carbocycles. The molecule has 0 aromatic heterocycles. The van der Waals surface area contributed by atoms with Gasteiger partial charge in [-0.25, -0.2) is 0 Å². The summed E-state index contributed by atoms with van der Waals surface area (Å²) in [6, 6.07) is 17.1. The highest BCUT2D eigenvalue weighted by Gasteiger charge is 2.03. The normalized spacial score (nSPS) is 11.4. The second kappa shape index (κ2) is 6.68. The number of rotatable bonds is 5. The van der Waals surface area contributed by atoms with Crippen molar-refractivity contribution in [3.8, 4) is 5.75 Å². The maximum absolute atomic E-state index is 8.78. The maximum atomic E-state index is 8.78. The minimum absolute atomic E-state index is 0.163. The summed E-state index contributed by atoms with van der Waals surface area (Å²) >= 11 is 0. The molecule has 0 aliphatic rings. The van der Waals surface area contributed by atoms with Crippen molar-refractivity contribution in [1.29, 1.82) is 0 Å². The number of hydroxylamine groups is 1. The monoisotopic (exact) mass is 255 g/mol. The predicted molar refractivity (Wildman–Crippen MR) is 74.4 cm³/mol. The summed E-state index contributed by atoms with van der Waals surface area (Å²) < 4.78 is 5.10. The summed E-state index contributed by atoms with van der Waals surface area (Å²) in [7, 11) is 1.62. The molecule has 0 bridgehead atoms. The van der Waals surface area contributed by atoms with E-state index >= 15 is 0 Å². The van der Waals surface area contributed by atoms with Crippen LogP contribution in [0.5, 0.6) is 5.75 Å². The fourth-order valence-corrected chi connectivity index (χ4v) is 1.70. The number of aliphatic imine (C=N–C) groups is 1. The van der Waals surface area contributed by atoms with Crippen molar-refractivity contribution >= 4 is 11.4 Å². The van der Waals surface area contributed by atoms with Crippen molar-refractivity contribution in [1.82, 2.24) is 5.48 Å². The first kappa shape index (κ1) is 13.3. The molecule has 4 heteroatoms. The van der Waals surface area contributed by atoms with Crippen molar-refractivity contribution in [3.05, 3.63) is 60.2 Å². The third-order valence-corrected chi connectivity index (χ3v) is 2.66. The molecule has 97 valence electrons. The van der Waals surface area contributed by atoms with Gasteiger partial charge in [-0.15, -0.1) is 0 Å². The van der Waals surface area contributed by atoms with Crippen LogP contribution in [-0.4, -0.2) is 24.6 Å². The molecule has 4 nitrogen and oxygen atoms in total. The fraction of sp³-hybridized carbons (Fsp3) is 0.133. The SMILES string of the molecule is COc1ccc(N=C(C[N]O)c2ccccc2)cc1. The van der Waals surface area contributed by atoms with E-state index in [4.69, 9.17) is 9.94 Å². The molecule has 1 N–H and O–H groups in total. The number of benzene rings is 2. The molecule has 0 spiro atoms. The van der Waals surface area contributed by atoms with Gasteiger partial charge in [-0.05, 0) is 29.8 Å². The summed E-state index contributed by atoms with van der Waals surface area (Å²) in [6.07, 6.45) is 0. The molecule has 0 fully saturated rings. The van der Waals surface area contributed by atoms with Crippen LogP contribution in [0.25, 0.3) is 0 Å². The first-order valence-electron chi connectivity index (χ1n) is 5.91. The van der Waals surface area contributed by atoms with Crippen LogP contribution in [-0.2, 0) is 0 Å². The fourth-order valence-electron chi connectivity index (χ4n) is 1.70. The summed E-state index contributed by atoms with van der Waals surface area (Å²) in [4.78, 5) is 4.50. The van der Waals surface area contributed by atoms with Gasteiger partial charge in [0, 0.05) is 0 Å². The minimum Gasteiger partial charge on any atom is -0.497 e. The lowest BCUT2D eigenvalue weighted by Crippen LogP contribution is -2.14. The molecular formula is C15H15N2O2. The maximum Gasteiger partial charge on any atom is 0.119 e. The highest BCUT2D eigenvalue weighted by molar-refractivity contribution is 6.03. The van der Waals surface area contributed by atoms with E-state index in [1.807, 2.05) is 54.6 Å². The van der Waals surface area contributed by atoms with Gasteiger partial charge in [0.1, 0.15) is 5.75 Å². The molecule has 0 heterocycles. The Kier molecular flexibility index (Phi) is 4.66. The second-order valence-electron chi connectivity index (χ2n) is 3.92. The van der Waals surface area contributed by atoms with Gasteiger partial charge in [0.25, 0.3) is 0 Å². The molecule has 0 atom stereocenters. The van der Waals surface area contributed by atoms with Crippen LogP contribution in [0.1, 0.15) is 5.56 Å². The molecule has 2 rings (SSSR count). The molecule has 0 aliphatic heterocycles. The van der Waals surface area contributed by atoms with E-state index < -0.39 is 0 Å². The summed E-state index contributed by atoms with van der Waals surface area (Å²) in [6.45, 7) is 0.163. The van der Waals surface area contributed by atoms with E-state index in [-0.39, 0.29) is 6.54 Å². The third-order valence-electron chi connectivity index (χ3n) is 2.66. The lowest BCUT2D eigenvalue weighted by atomic mass is 10.1. The van der Waals surface area contributed by atoms with Crippen LogP contribution >= 0.6 is 0 Å². The van der Waals surface area contributed by atoms with E-state index in [9.17, 15) is 0 Å². The highest BCUT2D eigenvalue weighted by atomic mass is 16.5. The Bertz CT molecular complexity index is 536. The Morgan fingerprint density at radius 1 is 1.05 bits per heavy atom. The molecule has 2 aromatic rings. The summed E-state index contributed by atoms with van der Waals surface area (Å²) in [5.41, 5.74) is 5.64. The van der Waals surface area contributed by atoms with Gasteiger partial charge in [-0.1, -0.05) is 35.8 Å². The Labute approximate surface area is 112 Å². The summed E-state index contributed by atoms with van der Waals surface area (Å²) in [5, 5.41) is 8.78. The van der Waals surface area contributed by atoms with Gasteiger partial charge in [-0.3, -0.25) is 10.2 Å². The van der Waals surface area contributed by atoms with Crippen molar-refractivity contribution in [2.45, 2.75) is 0 Å². The second-order valence-corrected chi connectivity index (χ2v) is 3.92. The van der Waals surface area contributed by atoms with Gasteiger partial charge >= 0.3 is 0 Å². The molecule has 0 unspecified atom stereocenters. The lowest BCUT2D eigenvalue weighted by Gasteiger charge is -2.05. The Morgan fingerprint density at radius 3 is 2.32 bits per heavy atom. The largest absolute Gasteiger partial charge is 0.497 e. The van der Waals surface area contributed by atoms with Crippen LogP contribution in [0.2, 0.25) is 0 Å². The lowest BCUT2D eigenvalue weighted by molar-refractivity contribution is 0.173. The quantitative estimate of drug-likeness (QED) is 0.659. The topological polar surface area (TPSA) is 55.9 Å². The van der Waals surface area contributed by atoms with Crippen molar-refractivity contribution < 1.29 is 9.94 Å². The van der Waals surface area contributed by atoms with Gasteiger partial charge in [0.05, 0.1) is 25.1 Å². The van der Waals surface area contributed by atoms with E-state index in [0.717, 1.165) is 17.0 Å². The zero-order chi connectivity index (χ0) is 13.5. The Hall–Kier alpha value is -2.17. The van der Waals surface area contributed by atoms with Crippen molar-refractivity contribution in [3.63, 3.8) is 0 Å². The van der Waals surface area contributed by atoms with Gasteiger partial charge in [0.2, 0.25) is 0 Å². The Balaban J connectivity index is 2.29. The zero-order valence-corrected chi connectivity index (χ0v) is 10.7. The standard InChI is InChI=1S/C15H15N2O2/c1-19-14-9-7-13(8-10-14)17-15(11-16-18)12-5-3-2-4-6-12/h2-10,18H,11H2,1H3. The molecule has 0 saturated carbocycles. The number of ether oxygens (including phenoxy) is 1. The highest BCUT2D eigenvalue weighted by Crippen LogP contribution is 2.18. The number of nitrogens with zero attached hydrogens (tertiary/aromatic N) is 2. The van der Waals surface area contributed by atoms with Gasteiger partial charge < -0.3 is 4.74 Å². The van der Waals surface area contributed by atoms with Crippen LogP contribution < -0.4 is 10.2 Å². The van der Waals surface area contributed by atoms with Crippen LogP contribution in [0.4, 0.5) is 5.69 Å². The molecule has 0 amide bonds. The average Bonchev–Trinajstić information content (AvgIpc) is 2.48. The van der Waals surface area contributed by atoms with E-state index in [0.29, 0.717) is 5.71 Å². The summed E-state index contributed by atoms with van der Waals surface area (Å²) in [5.74, 6) is 0.784. The Morgan fingerprint density at radius 2 is 1.74 bits per heavy atom. The first-order chi connectivity index (χ1) is 9.33.